The number of piperidine rings is 1. The molecule has 1 aromatic carbocycles. The van der Waals surface area contributed by atoms with Crippen molar-refractivity contribution in [3.05, 3.63) is 35.4 Å². The summed E-state index contributed by atoms with van der Waals surface area (Å²) in [5, 5.41) is 6.51. The van der Waals surface area contributed by atoms with Crippen LogP contribution in [0.4, 0.5) is 8.78 Å². The van der Waals surface area contributed by atoms with Crippen molar-refractivity contribution in [2.24, 2.45) is 10.9 Å². The van der Waals surface area contributed by atoms with Gasteiger partial charge in [0.1, 0.15) is 0 Å². The standard InChI is InChI=1S/C20H32F2N4O.HI/c1-4-23-20(25-15(2)17-5-6-18(21)19(22)13-17)24-14-16-7-9-26(10-8-16)11-12-27-3;/h5-6,13,15-16H,4,7-12,14H2,1-3H3,(H2,23,24,25);1H. The van der Waals surface area contributed by atoms with E-state index in [9.17, 15) is 8.78 Å². The Kier molecular flexibility index (Phi) is 11.9. The highest BCUT2D eigenvalue weighted by atomic mass is 127. The molecule has 1 saturated heterocycles. The zero-order valence-electron chi connectivity index (χ0n) is 17.0. The molecular weight excluding hydrogens is 477 g/mol. The van der Waals surface area contributed by atoms with Gasteiger partial charge >= 0.3 is 0 Å². The van der Waals surface area contributed by atoms with Gasteiger partial charge in [0.15, 0.2) is 17.6 Å². The predicted octanol–water partition coefficient (Wildman–Crippen LogP) is 3.56. The Balaban J connectivity index is 0.00000392. The summed E-state index contributed by atoms with van der Waals surface area (Å²) >= 11 is 0. The lowest BCUT2D eigenvalue weighted by atomic mass is 9.97. The lowest BCUT2D eigenvalue weighted by Crippen LogP contribution is -2.40. The molecule has 160 valence electrons. The highest BCUT2D eigenvalue weighted by molar-refractivity contribution is 14.0. The largest absolute Gasteiger partial charge is 0.383 e. The van der Waals surface area contributed by atoms with Crippen LogP contribution in [0.25, 0.3) is 0 Å². The normalized spacial score (nSPS) is 17.1. The van der Waals surface area contributed by atoms with Crippen molar-refractivity contribution in [2.45, 2.75) is 32.7 Å². The number of rotatable bonds is 8. The molecule has 8 heteroatoms. The predicted molar refractivity (Wildman–Crippen MR) is 120 cm³/mol. The van der Waals surface area contributed by atoms with Crippen LogP contribution in [-0.4, -0.2) is 57.3 Å². The number of guanidine groups is 1. The summed E-state index contributed by atoms with van der Waals surface area (Å²) in [5.74, 6) is -0.388. The number of aliphatic imine (C=N–C) groups is 1. The third kappa shape index (κ3) is 8.16. The van der Waals surface area contributed by atoms with Crippen molar-refractivity contribution in [3.63, 3.8) is 0 Å². The summed E-state index contributed by atoms with van der Waals surface area (Å²) in [5.41, 5.74) is 0.686. The second kappa shape index (κ2) is 13.3. The molecule has 1 heterocycles. The average Bonchev–Trinajstić information content (AvgIpc) is 2.67. The fraction of sp³-hybridized carbons (Fsp3) is 0.650. The summed E-state index contributed by atoms with van der Waals surface area (Å²) in [6.07, 6.45) is 2.26. The molecule has 1 unspecified atom stereocenters. The summed E-state index contributed by atoms with van der Waals surface area (Å²) in [7, 11) is 1.73. The molecule has 28 heavy (non-hydrogen) atoms. The minimum atomic E-state index is -0.830. The molecule has 0 bridgehead atoms. The lowest BCUT2D eigenvalue weighted by molar-refractivity contribution is 0.121. The van der Waals surface area contributed by atoms with Crippen LogP contribution in [0, 0.1) is 17.6 Å². The van der Waals surface area contributed by atoms with E-state index in [0.717, 1.165) is 58.2 Å². The van der Waals surface area contributed by atoms with E-state index in [4.69, 9.17) is 9.73 Å². The Morgan fingerprint density at radius 3 is 2.61 bits per heavy atom. The van der Waals surface area contributed by atoms with Gasteiger partial charge in [-0.3, -0.25) is 4.99 Å². The maximum atomic E-state index is 13.5. The van der Waals surface area contributed by atoms with Crippen LogP contribution in [0.1, 0.15) is 38.3 Å². The average molecular weight is 510 g/mol. The molecule has 0 saturated carbocycles. The van der Waals surface area contributed by atoms with Gasteiger partial charge in [-0.25, -0.2) is 8.78 Å². The zero-order chi connectivity index (χ0) is 19.6. The third-order valence-corrected chi connectivity index (χ3v) is 4.97. The third-order valence-electron chi connectivity index (χ3n) is 4.97. The van der Waals surface area contributed by atoms with E-state index in [-0.39, 0.29) is 30.0 Å². The van der Waals surface area contributed by atoms with Crippen molar-refractivity contribution in [2.75, 3.05) is 46.4 Å². The minimum absolute atomic E-state index is 0. The number of likely N-dealkylation sites (tertiary alicyclic amines) is 1. The second-order valence-corrected chi connectivity index (χ2v) is 7.04. The quantitative estimate of drug-likeness (QED) is 0.319. The van der Waals surface area contributed by atoms with E-state index in [2.05, 4.69) is 15.5 Å². The zero-order valence-corrected chi connectivity index (χ0v) is 19.3. The monoisotopic (exact) mass is 510 g/mol. The Bertz CT molecular complexity index is 610. The van der Waals surface area contributed by atoms with Gasteiger partial charge in [-0.2, -0.15) is 0 Å². The van der Waals surface area contributed by atoms with Gasteiger partial charge < -0.3 is 20.3 Å². The molecule has 1 aliphatic heterocycles. The van der Waals surface area contributed by atoms with Gasteiger partial charge in [0, 0.05) is 26.7 Å². The number of nitrogens with zero attached hydrogens (tertiary/aromatic N) is 2. The molecule has 0 amide bonds. The first-order chi connectivity index (χ1) is 13.0. The smallest absolute Gasteiger partial charge is 0.191 e. The Morgan fingerprint density at radius 1 is 1.29 bits per heavy atom. The van der Waals surface area contributed by atoms with E-state index in [1.165, 1.54) is 6.07 Å². The van der Waals surface area contributed by atoms with Crippen molar-refractivity contribution in [1.82, 2.24) is 15.5 Å². The number of halogens is 3. The lowest BCUT2D eigenvalue weighted by Gasteiger charge is -2.31. The molecule has 2 rings (SSSR count). The fourth-order valence-corrected chi connectivity index (χ4v) is 3.22. The molecule has 1 atom stereocenters. The first-order valence-corrected chi connectivity index (χ1v) is 9.74. The molecule has 0 aromatic heterocycles. The van der Waals surface area contributed by atoms with Gasteiger partial charge in [0.05, 0.1) is 12.6 Å². The maximum absolute atomic E-state index is 13.5. The van der Waals surface area contributed by atoms with Gasteiger partial charge in [-0.05, 0) is 63.4 Å². The summed E-state index contributed by atoms with van der Waals surface area (Å²) in [6.45, 7) is 9.35. The van der Waals surface area contributed by atoms with Crippen molar-refractivity contribution >= 4 is 29.9 Å². The number of methoxy groups -OCH3 is 1. The van der Waals surface area contributed by atoms with Gasteiger partial charge in [-0.1, -0.05) is 6.07 Å². The number of nitrogens with one attached hydrogen (secondary N) is 2. The second-order valence-electron chi connectivity index (χ2n) is 7.04. The highest BCUT2D eigenvalue weighted by Crippen LogP contribution is 2.18. The molecule has 0 radical (unpaired) electrons. The first-order valence-electron chi connectivity index (χ1n) is 9.74. The summed E-state index contributed by atoms with van der Waals surface area (Å²) in [4.78, 5) is 7.14. The molecule has 1 aromatic rings. The molecule has 0 aliphatic carbocycles. The Hall–Kier alpha value is -1.00. The van der Waals surface area contributed by atoms with E-state index < -0.39 is 11.6 Å². The first kappa shape index (κ1) is 25.0. The minimum Gasteiger partial charge on any atom is -0.383 e. The molecule has 1 fully saturated rings. The van der Waals surface area contributed by atoms with Crippen molar-refractivity contribution in [1.29, 1.82) is 0 Å². The van der Waals surface area contributed by atoms with Crippen LogP contribution in [0.15, 0.2) is 23.2 Å². The number of ether oxygens (including phenoxy) is 1. The Morgan fingerprint density at radius 2 is 2.00 bits per heavy atom. The van der Waals surface area contributed by atoms with E-state index >= 15 is 0 Å². The van der Waals surface area contributed by atoms with Gasteiger partial charge in [0.2, 0.25) is 0 Å². The van der Waals surface area contributed by atoms with E-state index in [1.807, 2.05) is 13.8 Å². The van der Waals surface area contributed by atoms with Crippen LogP contribution >= 0.6 is 24.0 Å². The van der Waals surface area contributed by atoms with Crippen LogP contribution in [-0.2, 0) is 4.74 Å². The van der Waals surface area contributed by atoms with Crippen molar-refractivity contribution < 1.29 is 13.5 Å². The number of hydrogen-bond donors (Lipinski definition) is 2. The van der Waals surface area contributed by atoms with Gasteiger partial charge in [-0.15, -0.1) is 24.0 Å². The van der Waals surface area contributed by atoms with Crippen molar-refractivity contribution in [3.8, 4) is 0 Å². The fourth-order valence-electron chi connectivity index (χ4n) is 3.22. The van der Waals surface area contributed by atoms with Crippen LogP contribution in [0.5, 0.6) is 0 Å². The van der Waals surface area contributed by atoms with Crippen LogP contribution in [0.2, 0.25) is 0 Å². The number of benzene rings is 1. The Labute approximate surface area is 184 Å². The molecular formula is C20H33F2IN4O. The molecule has 1 aliphatic rings. The SMILES string of the molecule is CCNC(=NCC1CCN(CCOC)CC1)NC(C)c1ccc(F)c(F)c1.I. The van der Waals surface area contributed by atoms with E-state index in [0.29, 0.717) is 17.4 Å². The number of hydrogen-bond acceptors (Lipinski definition) is 3. The highest BCUT2D eigenvalue weighted by Gasteiger charge is 2.19. The molecule has 0 spiro atoms. The van der Waals surface area contributed by atoms with Gasteiger partial charge in [0.25, 0.3) is 0 Å². The maximum Gasteiger partial charge on any atom is 0.191 e. The summed E-state index contributed by atoms with van der Waals surface area (Å²) < 4.78 is 31.7. The molecule has 2 N–H and O–H groups in total. The van der Waals surface area contributed by atoms with Crippen LogP contribution < -0.4 is 10.6 Å². The molecule has 5 nitrogen and oxygen atoms in total. The van der Waals surface area contributed by atoms with Crippen LogP contribution in [0.3, 0.4) is 0 Å². The summed E-state index contributed by atoms with van der Waals surface area (Å²) in [6, 6.07) is 3.81. The van der Waals surface area contributed by atoms with E-state index in [1.54, 1.807) is 13.2 Å². The topological polar surface area (TPSA) is 48.9 Å².